The summed E-state index contributed by atoms with van der Waals surface area (Å²) in [6.07, 6.45) is 2.60. The van der Waals surface area contributed by atoms with Gasteiger partial charge in [-0.3, -0.25) is 0 Å². The van der Waals surface area contributed by atoms with Gasteiger partial charge in [-0.05, 0) is 64.9 Å². The molecule has 3 heteroatoms. The van der Waals surface area contributed by atoms with Gasteiger partial charge < -0.3 is 15.1 Å². The summed E-state index contributed by atoms with van der Waals surface area (Å²) < 4.78 is 0. The molecule has 0 radical (unpaired) electrons. The van der Waals surface area contributed by atoms with Gasteiger partial charge in [0.2, 0.25) is 0 Å². The van der Waals surface area contributed by atoms with Crippen molar-refractivity contribution in [3.63, 3.8) is 0 Å². The summed E-state index contributed by atoms with van der Waals surface area (Å²) >= 11 is 0. The molecule has 1 fully saturated rings. The van der Waals surface area contributed by atoms with Gasteiger partial charge in [-0.2, -0.15) is 0 Å². The van der Waals surface area contributed by atoms with E-state index in [1.165, 1.54) is 37.2 Å². The van der Waals surface area contributed by atoms with E-state index in [1.807, 2.05) is 0 Å². The quantitative estimate of drug-likeness (QED) is 0.919. The molecule has 0 aliphatic carbocycles. The minimum absolute atomic E-state index is 0.169. The van der Waals surface area contributed by atoms with Crippen LogP contribution >= 0.6 is 0 Å². The lowest BCUT2D eigenvalue weighted by atomic mass is 10.0. The molecular weight excluding hydrogens is 258 g/mol. The molecule has 1 atom stereocenters. The fourth-order valence-electron chi connectivity index (χ4n) is 2.88. The Morgan fingerprint density at radius 3 is 2.48 bits per heavy atom. The van der Waals surface area contributed by atoms with Crippen molar-refractivity contribution >= 4 is 5.69 Å². The first-order chi connectivity index (χ1) is 9.85. The molecule has 1 heterocycles. The average Bonchev–Trinajstić information content (AvgIpc) is 2.44. The maximum atomic E-state index is 3.54. The Morgan fingerprint density at radius 2 is 1.90 bits per heavy atom. The maximum absolute atomic E-state index is 3.54. The van der Waals surface area contributed by atoms with Gasteiger partial charge in [-0.15, -0.1) is 0 Å². The molecule has 21 heavy (non-hydrogen) atoms. The van der Waals surface area contributed by atoms with Crippen molar-refractivity contribution in [3.05, 3.63) is 29.8 Å². The Balaban J connectivity index is 1.94. The second kappa shape index (κ2) is 6.80. The Labute approximate surface area is 130 Å². The lowest BCUT2D eigenvalue weighted by Gasteiger charge is -2.37. The maximum Gasteiger partial charge on any atom is 0.0414 e. The van der Waals surface area contributed by atoms with E-state index in [4.69, 9.17) is 0 Å². The van der Waals surface area contributed by atoms with E-state index in [0.29, 0.717) is 6.04 Å². The van der Waals surface area contributed by atoms with Gasteiger partial charge in [0.1, 0.15) is 0 Å². The number of hydrogen-bond donors (Lipinski definition) is 1. The number of anilines is 1. The molecule has 1 unspecified atom stereocenters. The van der Waals surface area contributed by atoms with E-state index in [-0.39, 0.29) is 5.54 Å². The van der Waals surface area contributed by atoms with Crippen molar-refractivity contribution in [2.24, 2.45) is 0 Å². The molecule has 1 aliphatic rings. The normalized spacial score (nSPS) is 20.5. The molecular formula is C18H31N3. The van der Waals surface area contributed by atoms with Gasteiger partial charge in [0.15, 0.2) is 0 Å². The minimum atomic E-state index is 0.169. The third-order valence-electron chi connectivity index (χ3n) is 4.31. The largest absolute Gasteiger partial charge is 0.370 e. The molecule has 0 amide bonds. The van der Waals surface area contributed by atoms with Crippen LogP contribution in [0, 0.1) is 0 Å². The van der Waals surface area contributed by atoms with Gasteiger partial charge in [-0.25, -0.2) is 0 Å². The summed E-state index contributed by atoms with van der Waals surface area (Å²) in [6.45, 7) is 9.95. The van der Waals surface area contributed by atoms with Crippen LogP contribution in [0.3, 0.4) is 0 Å². The van der Waals surface area contributed by atoms with Crippen LogP contribution in [0.15, 0.2) is 24.3 Å². The SMILES string of the molecule is CN1CCCC(N(C)c2ccc(CNC(C)(C)C)cc2)C1. The highest BCUT2D eigenvalue weighted by Gasteiger charge is 2.21. The predicted octanol–water partition coefficient (Wildman–Crippen LogP) is 3.11. The van der Waals surface area contributed by atoms with E-state index in [2.05, 4.69) is 74.2 Å². The first-order valence-corrected chi connectivity index (χ1v) is 8.10. The smallest absolute Gasteiger partial charge is 0.0414 e. The topological polar surface area (TPSA) is 18.5 Å². The van der Waals surface area contributed by atoms with Crippen molar-refractivity contribution in [1.29, 1.82) is 0 Å². The summed E-state index contributed by atoms with van der Waals surface area (Å²) in [6, 6.07) is 9.65. The molecule has 3 nitrogen and oxygen atoms in total. The van der Waals surface area contributed by atoms with Crippen LogP contribution in [0.25, 0.3) is 0 Å². The monoisotopic (exact) mass is 289 g/mol. The number of benzene rings is 1. The summed E-state index contributed by atoms with van der Waals surface area (Å²) in [5.74, 6) is 0. The third kappa shape index (κ3) is 5.01. The van der Waals surface area contributed by atoms with Gasteiger partial charge in [0, 0.05) is 37.4 Å². The molecule has 0 spiro atoms. The zero-order chi connectivity index (χ0) is 15.5. The van der Waals surface area contributed by atoms with Gasteiger partial charge in [0.05, 0.1) is 0 Å². The molecule has 1 aromatic rings. The first-order valence-electron chi connectivity index (χ1n) is 8.10. The van der Waals surface area contributed by atoms with Gasteiger partial charge in [0.25, 0.3) is 0 Å². The highest BCUT2D eigenvalue weighted by atomic mass is 15.2. The van der Waals surface area contributed by atoms with E-state index < -0.39 is 0 Å². The third-order valence-corrected chi connectivity index (χ3v) is 4.31. The van der Waals surface area contributed by atoms with Crippen molar-refractivity contribution in [2.45, 2.75) is 51.7 Å². The van der Waals surface area contributed by atoms with Crippen molar-refractivity contribution in [3.8, 4) is 0 Å². The zero-order valence-electron chi connectivity index (χ0n) is 14.3. The molecule has 118 valence electrons. The lowest BCUT2D eigenvalue weighted by Crippen LogP contribution is -2.45. The van der Waals surface area contributed by atoms with Crippen LogP contribution in [-0.2, 0) is 6.54 Å². The predicted molar refractivity (Wildman–Crippen MR) is 92.0 cm³/mol. The van der Waals surface area contributed by atoms with Gasteiger partial charge >= 0.3 is 0 Å². The second-order valence-corrected chi connectivity index (χ2v) is 7.44. The lowest BCUT2D eigenvalue weighted by molar-refractivity contribution is 0.248. The van der Waals surface area contributed by atoms with Crippen molar-refractivity contribution in [1.82, 2.24) is 10.2 Å². The fourth-order valence-corrected chi connectivity index (χ4v) is 2.88. The molecule has 2 rings (SSSR count). The first kappa shape index (κ1) is 16.3. The Hall–Kier alpha value is -1.06. The van der Waals surface area contributed by atoms with Crippen molar-refractivity contribution < 1.29 is 0 Å². The zero-order valence-corrected chi connectivity index (χ0v) is 14.3. The second-order valence-electron chi connectivity index (χ2n) is 7.44. The van der Waals surface area contributed by atoms with E-state index >= 15 is 0 Å². The van der Waals surface area contributed by atoms with Crippen LogP contribution in [0.5, 0.6) is 0 Å². The van der Waals surface area contributed by atoms with Crippen LogP contribution < -0.4 is 10.2 Å². The molecule has 0 aromatic heterocycles. The number of hydrogen-bond acceptors (Lipinski definition) is 3. The highest BCUT2D eigenvalue weighted by molar-refractivity contribution is 5.48. The summed E-state index contributed by atoms with van der Waals surface area (Å²) in [5.41, 5.74) is 2.85. The molecule has 1 aliphatic heterocycles. The van der Waals surface area contributed by atoms with Crippen LogP contribution in [0.1, 0.15) is 39.2 Å². The summed E-state index contributed by atoms with van der Waals surface area (Å²) in [7, 11) is 4.45. The fraction of sp³-hybridized carbons (Fsp3) is 0.667. The van der Waals surface area contributed by atoms with Gasteiger partial charge in [-0.1, -0.05) is 12.1 Å². The standard InChI is InChI=1S/C18H31N3/c1-18(2,3)19-13-15-8-10-16(11-9-15)21(5)17-7-6-12-20(4)14-17/h8-11,17,19H,6-7,12-14H2,1-5H3. The number of rotatable bonds is 4. The van der Waals surface area contributed by atoms with Crippen molar-refractivity contribution in [2.75, 3.05) is 32.1 Å². The number of likely N-dealkylation sites (tertiary alicyclic amines) is 1. The Morgan fingerprint density at radius 1 is 1.24 bits per heavy atom. The Kier molecular flexibility index (Phi) is 5.28. The number of piperidine rings is 1. The number of nitrogens with zero attached hydrogens (tertiary/aromatic N) is 2. The molecule has 1 aromatic carbocycles. The summed E-state index contributed by atoms with van der Waals surface area (Å²) in [5, 5.41) is 3.54. The molecule has 1 N–H and O–H groups in total. The van der Waals surface area contributed by atoms with Crippen LogP contribution in [0.2, 0.25) is 0 Å². The van der Waals surface area contributed by atoms with E-state index in [1.54, 1.807) is 0 Å². The number of nitrogens with one attached hydrogen (secondary N) is 1. The number of likely N-dealkylation sites (N-methyl/N-ethyl adjacent to an activating group) is 2. The molecule has 0 saturated carbocycles. The highest BCUT2D eigenvalue weighted by Crippen LogP contribution is 2.21. The van der Waals surface area contributed by atoms with E-state index in [0.717, 1.165) is 6.54 Å². The van der Waals surface area contributed by atoms with E-state index in [9.17, 15) is 0 Å². The van der Waals surface area contributed by atoms with Crippen LogP contribution in [0.4, 0.5) is 5.69 Å². The minimum Gasteiger partial charge on any atom is -0.370 e. The van der Waals surface area contributed by atoms with Crippen LogP contribution in [-0.4, -0.2) is 43.7 Å². The molecule has 1 saturated heterocycles. The average molecular weight is 289 g/mol. The summed E-state index contributed by atoms with van der Waals surface area (Å²) in [4.78, 5) is 4.88. The Bertz CT molecular complexity index is 433. The molecule has 0 bridgehead atoms.